The zero-order valence-corrected chi connectivity index (χ0v) is 23.3. The van der Waals surface area contributed by atoms with Crippen molar-refractivity contribution in [3.8, 4) is 28.3 Å². The van der Waals surface area contributed by atoms with Gasteiger partial charge in [-0.1, -0.05) is 103 Å². The summed E-state index contributed by atoms with van der Waals surface area (Å²) < 4.78 is 2.44. The van der Waals surface area contributed by atoms with Gasteiger partial charge in [-0.2, -0.15) is 0 Å². The third kappa shape index (κ3) is 3.62. The van der Waals surface area contributed by atoms with E-state index in [1.807, 2.05) is 24.3 Å². The van der Waals surface area contributed by atoms with E-state index in [4.69, 9.17) is 4.98 Å². The number of benzene rings is 6. The highest BCUT2D eigenvalue weighted by Gasteiger charge is 2.19. The molecule has 43 heavy (non-hydrogen) atoms. The van der Waals surface area contributed by atoms with Gasteiger partial charge in [0.25, 0.3) is 0 Å². The SMILES string of the molecule is c1ccc(-c2cccc(-c3ccc(-n4c5ccccc5c5c6ccccc6c6c7ccccc7ccc6c54)cc3)n2)nc1. The van der Waals surface area contributed by atoms with E-state index >= 15 is 0 Å². The van der Waals surface area contributed by atoms with Crippen molar-refractivity contribution < 1.29 is 0 Å². The number of hydrogen-bond donors (Lipinski definition) is 0. The second-order valence-corrected chi connectivity index (χ2v) is 11.0. The first-order chi connectivity index (χ1) is 21.3. The third-order valence-electron chi connectivity index (χ3n) is 8.62. The van der Waals surface area contributed by atoms with Crippen molar-refractivity contribution in [1.82, 2.24) is 14.5 Å². The number of hydrogen-bond acceptors (Lipinski definition) is 2. The summed E-state index contributed by atoms with van der Waals surface area (Å²) in [6, 6.07) is 51.8. The minimum atomic E-state index is 0.871. The average molecular weight is 548 g/mol. The Bertz CT molecular complexity index is 2490. The minimum Gasteiger partial charge on any atom is -0.309 e. The van der Waals surface area contributed by atoms with Gasteiger partial charge in [0.05, 0.1) is 28.1 Å². The molecule has 0 saturated carbocycles. The van der Waals surface area contributed by atoms with Crippen molar-refractivity contribution in [2.24, 2.45) is 0 Å². The van der Waals surface area contributed by atoms with Gasteiger partial charge in [-0.05, 0) is 69.4 Å². The summed E-state index contributed by atoms with van der Waals surface area (Å²) in [6.07, 6.45) is 1.81. The maximum atomic E-state index is 4.94. The van der Waals surface area contributed by atoms with Gasteiger partial charge in [-0.15, -0.1) is 0 Å². The first-order valence-corrected chi connectivity index (χ1v) is 14.6. The molecule has 6 aromatic carbocycles. The molecule has 0 aliphatic carbocycles. The molecule has 0 radical (unpaired) electrons. The summed E-state index contributed by atoms with van der Waals surface area (Å²) >= 11 is 0. The van der Waals surface area contributed by atoms with Crippen LogP contribution in [0.25, 0.3) is 82.5 Å². The van der Waals surface area contributed by atoms with Crippen molar-refractivity contribution in [3.05, 3.63) is 152 Å². The molecule has 0 aliphatic heterocycles. The van der Waals surface area contributed by atoms with E-state index in [0.29, 0.717) is 0 Å². The summed E-state index contributed by atoms with van der Waals surface area (Å²) in [4.78, 5) is 9.43. The summed E-state index contributed by atoms with van der Waals surface area (Å²) in [5.41, 5.74) is 7.31. The van der Waals surface area contributed by atoms with E-state index in [9.17, 15) is 0 Å². The highest BCUT2D eigenvalue weighted by atomic mass is 15.0. The van der Waals surface area contributed by atoms with Crippen LogP contribution in [0, 0.1) is 0 Å². The van der Waals surface area contributed by atoms with Crippen molar-refractivity contribution >= 4 is 54.1 Å². The zero-order valence-electron chi connectivity index (χ0n) is 23.3. The molecule has 0 amide bonds. The molecule has 3 nitrogen and oxygen atoms in total. The molecule has 0 aliphatic rings. The minimum absolute atomic E-state index is 0.871. The largest absolute Gasteiger partial charge is 0.309 e. The van der Waals surface area contributed by atoms with Crippen molar-refractivity contribution in [3.63, 3.8) is 0 Å². The molecule has 0 saturated heterocycles. The number of nitrogens with zero attached hydrogens (tertiary/aromatic N) is 3. The van der Waals surface area contributed by atoms with Gasteiger partial charge in [0.1, 0.15) is 0 Å². The van der Waals surface area contributed by atoms with Crippen molar-refractivity contribution in [2.75, 3.05) is 0 Å². The Morgan fingerprint density at radius 2 is 1.09 bits per heavy atom. The number of para-hydroxylation sites is 1. The maximum absolute atomic E-state index is 4.94. The summed E-state index contributed by atoms with van der Waals surface area (Å²) in [6.45, 7) is 0. The predicted octanol–water partition coefficient (Wildman–Crippen LogP) is 10.4. The molecular weight excluding hydrogens is 522 g/mol. The fraction of sp³-hybridized carbons (Fsp3) is 0. The Balaban J connectivity index is 1.32. The first-order valence-electron chi connectivity index (χ1n) is 14.6. The van der Waals surface area contributed by atoms with E-state index in [0.717, 1.165) is 28.3 Å². The smallest absolute Gasteiger partial charge is 0.0893 e. The fourth-order valence-electron chi connectivity index (χ4n) is 6.75. The lowest BCUT2D eigenvalue weighted by Gasteiger charge is -2.14. The maximum Gasteiger partial charge on any atom is 0.0893 e. The van der Waals surface area contributed by atoms with Crippen LogP contribution in [0.1, 0.15) is 0 Å². The topological polar surface area (TPSA) is 30.7 Å². The Kier molecular flexibility index (Phi) is 5.20. The molecule has 9 rings (SSSR count). The van der Waals surface area contributed by atoms with Gasteiger partial charge in [0.15, 0.2) is 0 Å². The Morgan fingerprint density at radius 1 is 0.419 bits per heavy atom. The molecule has 200 valence electrons. The van der Waals surface area contributed by atoms with E-state index in [-0.39, 0.29) is 0 Å². The van der Waals surface area contributed by atoms with Crippen LogP contribution in [0.3, 0.4) is 0 Å². The van der Waals surface area contributed by atoms with Crippen LogP contribution in [-0.2, 0) is 0 Å². The third-order valence-corrected chi connectivity index (χ3v) is 8.62. The fourth-order valence-corrected chi connectivity index (χ4v) is 6.75. The standard InChI is InChI=1S/C40H25N3/c1-2-11-29-26(10-1)21-24-33-38(29)30-12-3-4-13-31(30)39-32-14-5-6-18-37(32)43(40(33)39)28-22-19-27(20-23-28)34-16-9-17-36(42-34)35-15-7-8-25-41-35/h1-25H. The molecular formula is C40H25N3. The predicted molar refractivity (Wildman–Crippen MR) is 180 cm³/mol. The van der Waals surface area contributed by atoms with Crippen LogP contribution >= 0.6 is 0 Å². The number of aromatic nitrogens is 3. The molecule has 3 aromatic heterocycles. The van der Waals surface area contributed by atoms with Gasteiger partial charge in [0, 0.05) is 33.6 Å². The molecule has 0 N–H and O–H groups in total. The van der Waals surface area contributed by atoms with E-state index in [1.54, 1.807) is 6.20 Å². The summed E-state index contributed by atoms with van der Waals surface area (Å²) in [5, 5.41) is 10.2. The molecule has 9 aromatic rings. The molecule has 0 spiro atoms. The number of pyridine rings is 2. The Hall–Kier alpha value is -5.80. The van der Waals surface area contributed by atoms with E-state index in [1.165, 1.54) is 54.1 Å². The van der Waals surface area contributed by atoms with E-state index < -0.39 is 0 Å². The van der Waals surface area contributed by atoms with Crippen molar-refractivity contribution in [2.45, 2.75) is 0 Å². The van der Waals surface area contributed by atoms with Crippen LogP contribution in [0.2, 0.25) is 0 Å². The Morgan fingerprint density at radius 3 is 1.91 bits per heavy atom. The Labute approximate surface area is 248 Å². The summed E-state index contributed by atoms with van der Waals surface area (Å²) in [5.74, 6) is 0. The van der Waals surface area contributed by atoms with Crippen LogP contribution in [0.4, 0.5) is 0 Å². The first kappa shape index (κ1) is 23.9. The monoisotopic (exact) mass is 547 g/mol. The van der Waals surface area contributed by atoms with Gasteiger partial charge >= 0.3 is 0 Å². The molecule has 0 atom stereocenters. The molecule has 3 heteroatoms. The van der Waals surface area contributed by atoms with Gasteiger partial charge in [-0.3, -0.25) is 4.98 Å². The van der Waals surface area contributed by atoms with Crippen LogP contribution in [-0.4, -0.2) is 14.5 Å². The van der Waals surface area contributed by atoms with Gasteiger partial charge in [-0.25, -0.2) is 4.98 Å². The lowest BCUT2D eigenvalue weighted by atomic mass is 9.93. The lowest BCUT2D eigenvalue weighted by Crippen LogP contribution is -1.96. The van der Waals surface area contributed by atoms with Gasteiger partial charge in [0.2, 0.25) is 0 Å². The van der Waals surface area contributed by atoms with Crippen LogP contribution < -0.4 is 0 Å². The molecule has 3 heterocycles. The van der Waals surface area contributed by atoms with Crippen LogP contribution in [0.15, 0.2) is 152 Å². The quantitative estimate of drug-likeness (QED) is 0.206. The summed E-state index contributed by atoms with van der Waals surface area (Å²) in [7, 11) is 0. The second kappa shape index (κ2) is 9.37. The molecule has 0 unspecified atom stereocenters. The highest BCUT2D eigenvalue weighted by Crippen LogP contribution is 2.44. The second-order valence-electron chi connectivity index (χ2n) is 11.0. The number of fused-ring (bicyclic) bond motifs is 10. The highest BCUT2D eigenvalue weighted by molar-refractivity contribution is 6.35. The van der Waals surface area contributed by atoms with Crippen molar-refractivity contribution in [1.29, 1.82) is 0 Å². The average Bonchev–Trinajstić information content (AvgIpc) is 3.44. The number of rotatable bonds is 3. The molecule has 0 bridgehead atoms. The normalized spacial score (nSPS) is 11.7. The lowest BCUT2D eigenvalue weighted by molar-refractivity contribution is 1.18. The zero-order chi connectivity index (χ0) is 28.3. The van der Waals surface area contributed by atoms with Gasteiger partial charge < -0.3 is 4.57 Å². The van der Waals surface area contributed by atoms with E-state index in [2.05, 4.69) is 131 Å². The molecule has 0 fully saturated rings. The van der Waals surface area contributed by atoms with Crippen LogP contribution in [0.5, 0.6) is 0 Å².